The maximum absolute atomic E-state index is 4.64. The van der Waals surface area contributed by atoms with Gasteiger partial charge in [0, 0.05) is 35.3 Å². The normalized spacial score (nSPS) is 14.2. The first-order valence-electron chi connectivity index (χ1n) is 7.30. The number of para-hydroxylation sites is 1. The molecule has 4 rings (SSSR count). The van der Waals surface area contributed by atoms with Gasteiger partial charge in [0.1, 0.15) is 0 Å². The van der Waals surface area contributed by atoms with Gasteiger partial charge < -0.3 is 9.88 Å². The van der Waals surface area contributed by atoms with E-state index in [0.717, 1.165) is 27.4 Å². The highest BCUT2D eigenvalue weighted by Gasteiger charge is 2.25. The fourth-order valence-corrected chi connectivity index (χ4v) is 4.01. The van der Waals surface area contributed by atoms with E-state index in [1.807, 2.05) is 36.5 Å². The van der Waals surface area contributed by atoms with Gasteiger partial charge in [-0.15, -0.1) is 11.3 Å². The number of hydrogen-bond donors (Lipinski definition) is 1. The Bertz CT molecular complexity index is 746. The van der Waals surface area contributed by atoms with Crippen molar-refractivity contribution in [2.24, 2.45) is 0 Å². The number of hydrogen-bond acceptors (Lipinski definition) is 5. The van der Waals surface area contributed by atoms with Gasteiger partial charge in [-0.05, 0) is 25.0 Å². The molecule has 0 bridgehead atoms. The number of thiazole rings is 1. The lowest BCUT2D eigenvalue weighted by molar-refractivity contribution is 0.663. The molecule has 1 aromatic carbocycles. The molecular weight excluding hydrogens is 312 g/mol. The van der Waals surface area contributed by atoms with Gasteiger partial charge in [0.05, 0.1) is 5.69 Å². The Kier molecular flexibility index (Phi) is 3.86. The van der Waals surface area contributed by atoms with E-state index in [4.69, 9.17) is 0 Å². The van der Waals surface area contributed by atoms with E-state index in [9.17, 15) is 0 Å². The molecule has 0 aliphatic heterocycles. The van der Waals surface area contributed by atoms with Crippen LogP contribution in [0.2, 0.25) is 0 Å². The van der Waals surface area contributed by atoms with Crippen LogP contribution in [0.3, 0.4) is 0 Å². The number of nitrogens with zero attached hydrogens (tertiary/aromatic N) is 3. The minimum absolute atomic E-state index is 0.677. The third kappa shape index (κ3) is 3.18. The van der Waals surface area contributed by atoms with Crippen LogP contribution in [0.25, 0.3) is 0 Å². The molecule has 0 atom stereocenters. The zero-order valence-corrected chi connectivity index (χ0v) is 13.6. The van der Waals surface area contributed by atoms with E-state index in [1.165, 1.54) is 12.8 Å². The van der Waals surface area contributed by atoms with Crippen LogP contribution >= 0.6 is 23.1 Å². The van der Waals surface area contributed by atoms with E-state index in [1.54, 1.807) is 23.1 Å². The summed E-state index contributed by atoms with van der Waals surface area (Å²) in [7, 11) is 0. The molecule has 3 aromatic rings. The highest BCUT2D eigenvalue weighted by Crippen LogP contribution is 2.38. The van der Waals surface area contributed by atoms with Gasteiger partial charge in [0.15, 0.2) is 10.3 Å². The maximum atomic E-state index is 4.64. The molecule has 6 heteroatoms. The first kappa shape index (κ1) is 13.8. The van der Waals surface area contributed by atoms with Gasteiger partial charge >= 0.3 is 0 Å². The SMILES string of the molecule is c1ccc(Nc2nc(CSc3nccn3C3CC3)cs2)cc1. The lowest BCUT2D eigenvalue weighted by atomic mass is 10.3. The van der Waals surface area contributed by atoms with Gasteiger partial charge in [0.25, 0.3) is 0 Å². The second kappa shape index (κ2) is 6.14. The molecule has 0 unspecified atom stereocenters. The van der Waals surface area contributed by atoms with Crippen molar-refractivity contribution in [1.29, 1.82) is 0 Å². The summed E-state index contributed by atoms with van der Waals surface area (Å²) in [4.78, 5) is 9.10. The van der Waals surface area contributed by atoms with Crippen molar-refractivity contribution in [2.75, 3.05) is 5.32 Å². The summed E-state index contributed by atoms with van der Waals surface area (Å²) < 4.78 is 2.29. The second-order valence-electron chi connectivity index (χ2n) is 5.27. The monoisotopic (exact) mass is 328 g/mol. The van der Waals surface area contributed by atoms with E-state index in [-0.39, 0.29) is 0 Å². The maximum Gasteiger partial charge on any atom is 0.187 e. The highest BCUT2D eigenvalue weighted by molar-refractivity contribution is 7.98. The average Bonchev–Trinajstić information content (AvgIpc) is 3.11. The van der Waals surface area contributed by atoms with E-state index >= 15 is 0 Å². The molecule has 1 fully saturated rings. The Morgan fingerprint density at radius 3 is 2.95 bits per heavy atom. The summed E-state index contributed by atoms with van der Waals surface area (Å²) in [5.74, 6) is 0.858. The van der Waals surface area contributed by atoms with E-state index in [0.29, 0.717) is 6.04 Å². The predicted octanol–water partition coefficient (Wildman–Crippen LogP) is 4.71. The van der Waals surface area contributed by atoms with Crippen molar-refractivity contribution in [1.82, 2.24) is 14.5 Å². The quantitative estimate of drug-likeness (QED) is 0.665. The third-order valence-electron chi connectivity index (χ3n) is 3.50. The Morgan fingerprint density at radius 1 is 1.27 bits per heavy atom. The minimum Gasteiger partial charge on any atom is -0.332 e. The molecule has 1 saturated carbocycles. The molecule has 0 radical (unpaired) electrons. The number of thioether (sulfide) groups is 1. The number of benzene rings is 1. The Labute approximate surface area is 137 Å². The van der Waals surface area contributed by atoms with Crippen LogP contribution in [0.4, 0.5) is 10.8 Å². The minimum atomic E-state index is 0.677. The van der Waals surface area contributed by atoms with Crippen molar-refractivity contribution in [3.63, 3.8) is 0 Å². The standard InChI is InChI=1S/C16H16N4S2/c1-2-4-12(5-3-1)18-15-19-13(10-21-15)11-22-16-17-8-9-20(16)14-6-7-14/h1-5,8-10,14H,6-7,11H2,(H,18,19). The summed E-state index contributed by atoms with van der Waals surface area (Å²) >= 11 is 3.40. The van der Waals surface area contributed by atoms with Crippen LogP contribution in [0.1, 0.15) is 24.6 Å². The van der Waals surface area contributed by atoms with Crippen LogP contribution in [0, 0.1) is 0 Å². The Hall–Kier alpha value is -1.79. The Balaban J connectivity index is 1.38. The second-order valence-corrected chi connectivity index (χ2v) is 7.07. The van der Waals surface area contributed by atoms with Gasteiger partial charge in [-0.25, -0.2) is 9.97 Å². The first-order chi connectivity index (χ1) is 10.9. The largest absolute Gasteiger partial charge is 0.332 e. The Morgan fingerprint density at radius 2 is 2.14 bits per heavy atom. The van der Waals surface area contributed by atoms with Gasteiger partial charge in [-0.1, -0.05) is 30.0 Å². The average molecular weight is 328 g/mol. The van der Waals surface area contributed by atoms with Gasteiger partial charge in [-0.3, -0.25) is 0 Å². The van der Waals surface area contributed by atoms with Crippen LogP contribution in [-0.4, -0.2) is 14.5 Å². The number of anilines is 2. The van der Waals surface area contributed by atoms with Crippen LogP contribution < -0.4 is 5.32 Å². The highest BCUT2D eigenvalue weighted by atomic mass is 32.2. The zero-order valence-electron chi connectivity index (χ0n) is 12.0. The molecule has 4 nitrogen and oxygen atoms in total. The molecule has 1 aliphatic carbocycles. The predicted molar refractivity (Wildman–Crippen MR) is 91.9 cm³/mol. The van der Waals surface area contributed by atoms with E-state index in [2.05, 4.69) is 31.4 Å². The van der Waals surface area contributed by atoms with Crippen molar-refractivity contribution >= 4 is 33.9 Å². The van der Waals surface area contributed by atoms with Crippen molar-refractivity contribution in [3.8, 4) is 0 Å². The fourth-order valence-electron chi connectivity index (χ4n) is 2.26. The number of imidazole rings is 1. The summed E-state index contributed by atoms with van der Waals surface area (Å²) in [6.45, 7) is 0. The zero-order chi connectivity index (χ0) is 14.8. The third-order valence-corrected chi connectivity index (χ3v) is 5.32. The van der Waals surface area contributed by atoms with Crippen LogP contribution in [-0.2, 0) is 5.75 Å². The fraction of sp³-hybridized carbons (Fsp3) is 0.250. The topological polar surface area (TPSA) is 42.7 Å². The van der Waals surface area contributed by atoms with Crippen LogP contribution in [0.5, 0.6) is 0 Å². The first-order valence-corrected chi connectivity index (χ1v) is 9.17. The molecule has 0 amide bonds. The summed E-state index contributed by atoms with van der Waals surface area (Å²) in [6, 6.07) is 10.8. The van der Waals surface area contributed by atoms with Crippen molar-refractivity contribution < 1.29 is 0 Å². The van der Waals surface area contributed by atoms with E-state index < -0.39 is 0 Å². The molecule has 1 aliphatic rings. The molecule has 2 aromatic heterocycles. The number of aromatic nitrogens is 3. The molecule has 22 heavy (non-hydrogen) atoms. The summed E-state index contributed by atoms with van der Waals surface area (Å²) in [6.07, 6.45) is 6.55. The summed E-state index contributed by atoms with van der Waals surface area (Å²) in [5, 5.41) is 7.49. The molecule has 1 N–H and O–H groups in total. The van der Waals surface area contributed by atoms with Crippen molar-refractivity contribution in [3.05, 3.63) is 53.8 Å². The number of nitrogens with one attached hydrogen (secondary N) is 1. The lowest BCUT2D eigenvalue weighted by Crippen LogP contribution is -1.95. The van der Waals surface area contributed by atoms with Gasteiger partial charge in [-0.2, -0.15) is 0 Å². The number of rotatable bonds is 6. The smallest absolute Gasteiger partial charge is 0.187 e. The van der Waals surface area contributed by atoms with Gasteiger partial charge in [0.2, 0.25) is 0 Å². The van der Waals surface area contributed by atoms with Crippen LogP contribution in [0.15, 0.2) is 53.3 Å². The molecular formula is C16H16N4S2. The lowest BCUT2D eigenvalue weighted by Gasteiger charge is -2.04. The molecule has 2 heterocycles. The summed E-state index contributed by atoms with van der Waals surface area (Å²) in [5.41, 5.74) is 2.17. The molecule has 0 saturated heterocycles. The molecule has 0 spiro atoms. The molecule has 112 valence electrons. The van der Waals surface area contributed by atoms with Crippen molar-refractivity contribution in [2.45, 2.75) is 29.8 Å².